The largest absolute Gasteiger partial charge is 0.454 e. The Kier molecular flexibility index (Phi) is 3.60. The summed E-state index contributed by atoms with van der Waals surface area (Å²) in [4.78, 5) is 12.6. The second-order valence-corrected chi connectivity index (χ2v) is 6.11. The van der Waals surface area contributed by atoms with Gasteiger partial charge in [0, 0.05) is 13.6 Å². The van der Waals surface area contributed by atoms with E-state index in [9.17, 15) is 4.79 Å². The van der Waals surface area contributed by atoms with Gasteiger partial charge in [0.1, 0.15) is 17.1 Å². The molecule has 0 saturated carbocycles. The average molecular weight is 341 g/mol. The molecule has 0 saturated heterocycles. The van der Waals surface area contributed by atoms with Crippen LogP contribution in [0.2, 0.25) is 0 Å². The van der Waals surface area contributed by atoms with Crippen molar-refractivity contribution in [3.8, 4) is 11.5 Å². The van der Waals surface area contributed by atoms with E-state index >= 15 is 0 Å². The number of hydrogen-bond acceptors (Lipinski definition) is 5. The van der Waals surface area contributed by atoms with Crippen molar-refractivity contribution < 1.29 is 14.3 Å². The number of nitrogens with one attached hydrogen (secondary N) is 1. The summed E-state index contributed by atoms with van der Waals surface area (Å²) in [5, 5.41) is 11.7. The van der Waals surface area contributed by atoms with Gasteiger partial charge in [-0.2, -0.15) is 10.2 Å². The van der Waals surface area contributed by atoms with Crippen molar-refractivity contribution in [2.24, 2.45) is 7.05 Å². The van der Waals surface area contributed by atoms with Crippen LogP contribution in [0.5, 0.6) is 11.5 Å². The lowest BCUT2D eigenvalue weighted by molar-refractivity contribution is -0.124. The van der Waals surface area contributed by atoms with E-state index in [2.05, 4.69) is 15.5 Å². The number of carbonyl (C=O) groups is 1. The van der Waals surface area contributed by atoms with E-state index in [1.54, 1.807) is 15.6 Å². The highest BCUT2D eigenvalue weighted by Crippen LogP contribution is 2.32. The van der Waals surface area contributed by atoms with Crippen molar-refractivity contribution in [1.82, 2.24) is 24.9 Å². The zero-order chi connectivity index (χ0) is 17.6. The fraction of sp³-hybridized carbons (Fsp3) is 0.353. The van der Waals surface area contributed by atoms with Crippen LogP contribution in [0.15, 0.2) is 24.4 Å². The van der Waals surface area contributed by atoms with Gasteiger partial charge in [-0.25, -0.2) is 4.68 Å². The number of hydrogen-bond donors (Lipinski definition) is 1. The van der Waals surface area contributed by atoms with Crippen LogP contribution in [0, 0.1) is 6.92 Å². The Bertz CT molecular complexity index is 959. The Morgan fingerprint density at radius 3 is 3.00 bits per heavy atom. The van der Waals surface area contributed by atoms with Gasteiger partial charge >= 0.3 is 0 Å². The highest BCUT2D eigenvalue weighted by Gasteiger charge is 2.21. The van der Waals surface area contributed by atoms with Gasteiger partial charge in [0.05, 0.1) is 11.9 Å². The average Bonchev–Trinajstić information content (AvgIpc) is 3.29. The van der Waals surface area contributed by atoms with Crippen molar-refractivity contribution in [3.05, 3.63) is 35.7 Å². The molecular weight excluding hydrogens is 322 g/mol. The quantitative estimate of drug-likeness (QED) is 0.781. The van der Waals surface area contributed by atoms with E-state index in [0.717, 1.165) is 28.0 Å². The number of benzene rings is 1. The van der Waals surface area contributed by atoms with Gasteiger partial charge in [-0.3, -0.25) is 9.48 Å². The summed E-state index contributed by atoms with van der Waals surface area (Å²) in [5.74, 6) is 1.33. The van der Waals surface area contributed by atoms with Gasteiger partial charge in [-0.05, 0) is 31.5 Å². The first-order chi connectivity index (χ1) is 12.0. The SMILES string of the molecule is Cc1nn(C)c2cnn([C@@H](C)C(=O)NCc3ccc4c(c3)OCO4)c12. The highest BCUT2D eigenvalue weighted by molar-refractivity contribution is 5.84. The first-order valence-corrected chi connectivity index (χ1v) is 8.07. The van der Waals surface area contributed by atoms with Gasteiger partial charge in [0.25, 0.3) is 0 Å². The smallest absolute Gasteiger partial charge is 0.244 e. The Labute approximate surface area is 144 Å². The van der Waals surface area contributed by atoms with Crippen LogP contribution >= 0.6 is 0 Å². The first kappa shape index (κ1) is 15.5. The number of carbonyl (C=O) groups excluding carboxylic acids is 1. The van der Waals surface area contributed by atoms with Crippen molar-refractivity contribution in [1.29, 1.82) is 0 Å². The molecular formula is C17H19N5O3. The lowest BCUT2D eigenvalue weighted by Crippen LogP contribution is -2.31. The van der Waals surface area contributed by atoms with Crippen LogP contribution in [0.1, 0.15) is 24.2 Å². The predicted molar refractivity (Wildman–Crippen MR) is 90.4 cm³/mol. The normalized spacial score (nSPS) is 14.0. The molecule has 25 heavy (non-hydrogen) atoms. The van der Waals surface area contributed by atoms with E-state index < -0.39 is 6.04 Å². The number of ether oxygens (including phenoxy) is 2. The van der Waals surface area contributed by atoms with Gasteiger partial charge in [0.2, 0.25) is 12.7 Å². The summed E-state index contributed by atoms with van der Waals surface area (Å²) >= 11 is 0. The Balaban J connectivity index is 1.48. The minimum Gasteiger partial charge on any atom is -0.454 e. The molecule has 0 fully saturated rings. The number of amides is 1. The molecule has 8 nitrogen and oxygen atoms in total. The zero-order valence-electron chi connectivity index (χ0n) is 14.3. The highest BCUT2D eigenvalue weighted by atomic mass is 16.7. The molecule has 1 amide bonds. The van der Waals surface area contributed by atoms with Crippen LogP contribution in [0.3, 0.4) is 0 Å². The van der Waals surface area contributed by atoms with E-state index in [4.69, 9.17) is 9.47 Å². The molecule has 0 radical (unpaired) electrons. The monoisotopic (exact) mass is 341 g/mol. The van der Waals surface area contributed by atoms with Crippen LogP contribution in [0.25, 0.3) is 11.0 Å². The molecule has 4 rings (SSSR count). The maximum atomic E-state index is 12.6. The molecule has 1 atom stereocenters. The number of rotatable bonds is 4. The molecule has 0 bridgehead atoms. The summed E-state index contributed by atoms with van der Waals surface area (Å²) < 4.78 is 14.1. The second kappa shape index (κ2) is 5.80. The second-order valence-electron chi connectivity index (χ2n) is 6.11. The maximum absolute atomic E-state index is 12.6. The number of aromatic nitrogens is 4. The third-order valence-corrected chi connectivity index (χ3v) is 4.42. The van der Waals surface area contributed by atoms with Crippen molar-refractivity contribution in [2.75, 3.05) is 6.79 Å². The molecule has 2 aromatic heterocycles. The summed E-state index contributed by atoms with van der Waals surface area (Å²) in [5.41, 5.74) is 3.60. The van der Waals surface area contributed by atoms with Crippen molar-refractivity contribution >= 4 is 16.9 Å². The van der Waals surface area contributed by atoms with Gasteiger partial charge in [0.15, 0.2) is 11.5 Å². The summed E-state index contributed by atoms with van der Waals surface area (Å²) in [6.45, 7) is 4.39. The minimum absolute atomic E-state index is 0.106. The van der Waals surface area contributed by atoms with Crippen molar-refractivity contribution in [2.45, 2.75) is 26.4 Å². The fourth-order valence-electron chi connectivity index (χ4n) is 3.06. The number of nitrogens with zero attached hydrogens (tertiary/aromatic N) is 4. The lowest BCUT2D eigenvalue weighted by Gasteiger charge is -2.14. The molecule has 130 valence electrons. The lowest BCUT2D eigenvalue weighted by atomic mass is 10.2. The van der Waals surface area contributed by atoms with E-state index in [1.165, 1.54) is 0 Å². The third-order valence-electron chi connectivity index (χ3n) is 4.42. The van der Waals surface area contributed by atoms with E-state index in [-0.39, 0.29) is 12.7 Å². The van der Waals surface area contributed by atoms with Crippen LogP contribution in [0.4, 0.5) is 0 Å². The molecule has 0 unspecified atom stereocenters. The molecule has 0 spiro atoms. The number of fused-ring (bicyclic) bond motifs is 2. The summed E-state index contributed by atoms with van der Waals surface area (Å²) in [7, 11) is 1.87. The maximum Gasteiger partial charge on any atom is 0.244 e. The minimum atomic E-state index is -0.436. The Hall–Kier alpha value is -3.03. The molecule has 1 N–H and O–H groups in total. The van der Waals surface area contributed by atoms with Crippen LogP contribution in [-0.2, 0) is 18.4 Å². The predicted octanol–water partition coefficient (Wildman–Crippen LogP) is 1.68. The molecule has 3 heterocycles. The number of aryl methyl sites for hydroxylation is 2. The standard InChI is InChI=1S/C17H19N5O3/c1-10-16-13(21(3)20-10)8-19-22(16)11(2)17(23)18-7-12-4-5-14-15(6-12)25-9-24-14/h4-6,8,11H,7,9H2,1-3H3,(H,18,23)/t11-/m0/s1. The Morgan fingerprint density at radius 1 is 1.36 bits per heavy atom. The van der Waals surface area contributed by atoms with Gasteiger partial charge in [-0.15, -0.1) is 0 Å². The topological polar surface area (TPSA) is 83.2 Å². The van der Waals surface area contributed by atoms with Crippen LogP contribution < -0.4 is 14.8 Å². The molecule has 3 aromatic rings. The first-order valence-electron chi connectivity index (χ1n) is 8.07. The van der Waals surface area contributed by atoms with Gasteiger partial charge < -0.3 is 14.8 Å². The van der Waals surface area contributed by atoms with E-state index in [0.29, 0.717) is 12.3 Å². The fourth-order valence-corrected chi connectivity index (χ4v) is 3.06. The summed E-state index contributed by atoms with van der Waals surface area (Å²) in [6.07, 6.45) is 1.73. The van der Waals surface area contributed by atoms with Gasteiger partial charge in [-0.1, -0.05) is 6.07 Å². The van der Waals surface area contributed by atoms with E-state index in [1.807, 2.05) is 39.1 Å². The summed E-state index contributed by atoms with van der Waals surface area (Å²) in [6, 6.07) is 5.21. The third kappa shape index (κ3) is 2.59. The molecule has 8 heteroatoms. The Morgan fingerprint density at radius 2 is 2.16 bits per heavy atom. The molecule has 0 aliphatic carbocycles. The molecule has 1 aliphatic heterocycles. The molecule has 1 aliphatic rings. The van der Waals surface area contributed by atoms with Crippen molar-refractivity contribution in [3.63, 3.8) is 0 Å². The zero-order valence-corrected chi connectivity index (χ0v) is 14.3. The molecule has 1 aromatic carbocycles. The van der Waals surface area contributed by atoms with Crippen LogP contribution in [-0.4, -0.2) is 32.3 Å².